The first-order valence-electron chi connectivity index (χ1n) is 2.92. The number of piperazine rings is 1. The normalized spacial score (nSPS) is 37.3. The molecule has 0 aliphatic carbocycles. The van der Waals surface area contributed by atoms with Crippen molar-refractivity contribution in [1.82, 2.24) is 10.6 Å². The van der Waals surface area contributed by atoms with Gasteiger partial charge in [0.15, 0.2) is 0 Å². The molecule has 9 heavy (non-hydrogen) atoms. The molecule has 0 radical (unpaired) electrons. The molecule has 0 aromatic heterocycles. The number of halogens is 2. The molecule has 0 spiro atoms. The van der Waals surface area contributed by atoms with Crippen molar-refractivity contribution >= 4 is 24.8 Å². The highest BCUT2D eigenvalue weighted by Gasteiger charge is 2.29. The van der Waals surface area contributed by atoms with E-state index in [4.69, 9.17) is 0 Å². The van der Waals surface area contributed by atoms with Gasteiger partial charge in [-0.2, -0.15) is 0 Å². The summed E-state index contributed by atoms with van der Waals surface area (Å²) < 4.78 is 0. The van der Waals surface area contributed by atoms with Crippen LogP contribution in [-0.2, 0) is 0 Å². The zero-order valence-electron chi connectivity index (χ0n) is 5.09. The lowest BCUT2D eigenvalue weighted by Crippen LogP contribution is -2.39. The molecule has 1 unspecified atom stereocenters. The van der Waals surface area contributed by atoms with Crippen LogP contribution >= 0.6 is 24.8 Å². The standard InChI is InChI=1S/C5H10N2.2ClH/c1-4-2-6-5(1)3-7-4;;/h4-7H,1-3H2;2*1H/t4-,5?;;/m1../s1. The van der Waals surface area contributed by atoms with E-state index >= 15 is 0 Å². The zero-order valence-corrected chi connectivity index (χ0v) is 6.73. The van der Waals surface area contributed by atoms with Gasteiger partial charge in [0, 0.05) is 25.2 Å². The van der Waals surface area contributed by atoms with Gasteiger partial charge in [0.05, 0.1) is 0 Å². The number of hydrogen-bond acceptors (Lipinski definition) is 2. The lowest BCUT2D eigenvalue weighted by Gasteiger charge is -2.10. The fraction of sp³-hybridized carbons (Fsp3) is 1.00. The molecule has 2 aliphatic heterocycles. The van der Waals surface area contributed by atoms with Gasteiger partial charge in [-0.25, -0.2) is 0 Å². The molecule has 56 valence electrons. The molecule has 2 rings (SSSR count). The van der Waals surface area contributed by atoms with Crippen LogP contribution in [0.15, 0.2) is 0 Å². The second-order valence-electron chi connectivity index (χ2n) is 2.45. The Morgan fingerprint density at radius 1 is 0.889 bits per heavy atom. The number of rotatable bonds is 0. The lowest BCUT2D eigenvalue weighted by atomic mass is 10.3. The van der Waals surface area contributed by atoms with Crippen LogP contribution in [0.2, 0.25) is 0 Å². The van der Waals surface area contributed by atoms with Gasteiger partial charge >= 0.3 is 0 Å². The Balaban J connectivity index is 0.000000320. The third-order valence-corrected chi connectivity index (χ3v) is 1.87. The van der Waals surface area contributed by atoms with E-state index in [9.17, 15) is 0 Å². The second kappa shape index (κ2) is 3.62. The summed E-state index contributed by atoms with van der Waals surface area (Å²) in [5.41, 5.74) is 0. The molecule has 0 aromatic carbocycles. The van der Waals surface area contributed by atoms with Crippen molar-refractivity contribution in [3.63, 3.8) is 0 Å². The van der Waals surface area contributed by atoms with Gasteiger partial charge < -0.3 is 10.6 Å². The van der Waals surface area contributed by atoms with Crippen LogP contribution in [-0.4, -0.2) is 25.2 Å². The van der Waals surface area contributed by atoms with Crippen molar-refractivity contribution in [2.45, 2.75) is 18.5 Å². The molecular formula is C5H12Cl2N2. The molecule has 2 N–H and O–H groups in total. The maximum Gasteiger partial charge on any atom is 0.0208 e. The SMILES string of the molecule is C1N[C@H]2CNC1C2.Cl.Cl. The summed E-state index contributed by atoms with van der Waals surface area (Å²) in [5.74, 6) is 0. The van der Waals surface area contributed by atoms with Gasteiger partial charge in [-0.1, -0.05) is 0 Å². The molecule has 0 aromatic rings. The van der Waals surface area contributed by atoms with Crippen molar-refractivity contribution in [2.75, 3.05) is 13.1 Å². The highest BCUT2D eigenvalue weighted by atomic mass is 35.5. The van der Waals surface area contributed by atoms with Crippen LogP contribution in [0.3, 0.4) is 0 Å². The van der Waals surface area contributed by atoms with Gasteiger partial charge in [-0.3, -0.25) is 0 Å². The van der Waals surface area contributed by atoms with Crippen molar-refractivity contribution in [3.05, 3.63) is 0 Å². The van der Waals surface area contributed by atoms with Crippen LogP contribution in [0, 0.1) is 0 Å². The molecule has 2 heterocycles. The Labute approximate surface area is 67.6 Å². The summed E-state index contributed by atoms with van der Waals surface area (Å²) in [5, 5.41) is 6.79. The van der Waals surface area contributed by atoms with E-state index in [0.29, 0.717) is 0 Å². The summed E-state index contributed by atoms with van der Waals surface area (Å²) >= 11 is 0. The minimum absolute atomic E-state index is 0. The van der Waals surface area contributed by atoms with Crippen LogP contribution in [0.25, 0.3) is 0 Å². The summed E-state index contributed by atoms with van der Waals surface area (Å²) in [7, 11) is 0. The third kappa shape index (κ3) is 1.71. The molecule has 0 saturated carbocycles. The van der Waals surface area contributed by atoms with E-state index in [1.807, 2.05) is 0 Å². The maximum absolute atomic E-state index is 3.39. The first kappa shape index (κ1) is 9.50. The topological polar surface area (TPSA) is 24.1 Å². The summed E-state index contributed by atoms with van der Waals surface area (Å²) in [6, 6.07) is 1.62. The average molecular weight is 171 g/mol. The molecule has 2 fully saturated rings. The van der Waals surface area contributed by atoms with Crippen molar-refractivity contribution in [3.8, 4) is 0 Å². The van der Waals surface area contributed by atoms with E-state index < -0.39 is 0 Å². The molecule has 2 aliphatic rings. The highest BCUT2D eigenvalue weighted by molar-refractivity contribution is 5.85. The molecule has 2 nitrogen and oxygen atoms in total. The first-order chi connectivity index (χ1) is 3.45. The second-order valence-corrected chi connectivity index (χ2v) is 2.45. The Bertz CT molecular complexity index is 71.0. The molecule has 2 bridgehead atoms. The van der Waals surface area contributed by atoms with Crippen molar-refractivity contribution < 1.29 is 0 Å². The van der Waals surface area contributed by atoms with Gasteiger partial charge in [0.1, 0.15) is 0 Å². The highest BCUT2D eigenvalue weighted by Crippen LogP contribution is 2.11. The molecular weight excluding hydrogens is 159 g/mol. The summed E-state index contributed by atoms with van der Waals surface area (Å²) in [4.78, 5) is 0. The lowest BCUT2D eigenvalue weighted by molar-refractivity contribution is 0.528. The van der Waals surface area contributed by atoms with Crippen molar-refractivity contribution in [1.29, 1.82) is 0 Å². The minimum Gasteiger partial charge on any atom is -0.311 e. The van der Waals surface area contributed by atoms with Gasteiger partial charge in [-0.05, 0) is 6.42 Å². The van der Waals surface area contributed by atoms with Crippen LogP contribution < -0.4 is 10.6 Å². The van der Waals surface area contributed by atoms with E-state index in [-0.39, 0.29) is 24.8 Å². The summed E-state index contributed by atoms with van der Waals surface area (Å²) in [6.07, 6.45) is 1.36. The fourth-order valence-electron chi connectivity index (χ4n) is 1.44. The predicted octanol–water partition coefficient (Wildman–Crippen LogP) is 0.164. The van der Waals surface area contributed by atoms with E-state index in [1.54, 1.807) is 0 Å². The predicted molar refractivity (Wildman–Crippen MR) is 42.7 cm³/mol. The molecule has 0 amide bonds. The Morgan fingerprint density at radius 2 is 1.33 bits per heavy atom. The molecule has 2 atom stereocenters. The Kier molecular flexibility index (Phi) is 3.82. The largest absolute Gasteiger partial charge is 0.311 e. The van der Waals surface area contributed by atoms with E-state index in [2.05, 4.69) is 10.6 Å². The fourth-order valence-corrected chi connectivity index (χ4v) is 1.44. The maximum atomic E-state index is 3.39. The Morgan fingerprint density at radius 3 is 1.44 bits per heavy atom. The minimum atomic E-state index is 0. The van der Waals surface area contributed by atoms with Gasteiger partial charge in [-0.15, -0.1) is 24.8 Å². The van der Waals surface area contributed by atoms with Gasteiger partial charge in [0.25, 0.3) is 0 Å². The number of nitrogens with one attached hydrogen (secondary N) is 2. The van der Waals surface area contributed by atoms with Crippen LogP contribution in [0.4, 0.5) is 0 Å². The zero-order chi connectivity index (χ0) is 4.69. The molecule has 2 saturated heterocycles. The molecule has 4 heteroatoms. The van der Waals surface area contributed by atoms with Crippen LogP contribution in [0.5, 0.6) is 0 Å². The quantitative estimate of drug-likeness (QED) is 0.542. The van der Waals surface area contributed by atoms with Gasteiger partial charge in [0.2, 0.25) is 0 Å². The van der Waals surface area contributed by atoms with Crippen LogP contribution in [0.1, 0.15) is 6.42 Å². The third-order valence-electron chi connectivity index (χ3n) is 1.87. The Hall–Kier alpha value is 0.500. The van der Waals surface area contributed by atoms with E-state index in [0.717, 1.165) is 12.1 Å². The number of fused-ring (bicyclic) bond motifs is 2. The average Bonchev–Trinajstić information content (AvgIpc) is 2.22. The smallest absolute Gasteiger partial charge is 0.0208 e. The monoisotopic (exact) mass is 170 g/mol. The summed E-state index contributed by atoms with van der Waals surface area (Å²) in [6.45, 7) is 2.40. The number of hydrogen-bond donors (Lipinski definition) is 2. The van der Waals surface area contributed by atoms with E-state index in [1.165, 1.54) is 19.5 Å². The van der Waals surface area contributed by atoms with Crippen molar-refractivity contribution in [2.24, 2.45) is 0 Å². The first-order valence-corrected chi connectivity index (χ1v) is 2.92.